The van der Waals surface area contributed by atoms with Crippen LogP contribution < -0.4 is 9.05 Å². The summed E-state index contributed by atoms with van der Waals surface area (Å²) in [4.78, 5) is 0. The van der Waals surface area contributed by atoms with Gasteiger partial charge in [0.1, 0.15) is 29.8 Å². The summed E-state index contributed by atoms with van der Waals surface area (Å²) >= 11 is 0. The highest BCUT2D eigenvalue weighted by atomic mass is 31.2. The van der Waals surface area contributed by atoms with Crippen LogP contribution >= 0.6 is 7.82 Å². The van der Waals surface area contributed by atoms with Gasteiger partial charge < -0.3 is 42.0 Å². The molecule has 2 aliphatic heterocycles. The van der Waals surface area contributed by atoms with Gasteiger partial charge in [-0.2, -0.15) is 4.57 Å². The molecule has 0 N–H and O–H groups in total. The number of ether oxygens (including phenoxy) is 6. The van der Waals surface area contributed by atoms with E-state index in [2.05, 4.69) is 6.92 Å². The number of rotatable bonds is 20. The number of phosphoric ester groups is 1. The molecule has 7 atom stereocenters. The molecule has 0 bridgehead atoms. The summed E-state index contributed by atoms with van der Waals surface area (Å²) in [6.07, 6.45) is -2.16. The molecule has 1 saturated heterocycles. The maximum Gasteiger partial charge on any atom is 0.649 e. The number of hydrogen-bond donors (Lipinski definition) is 0. The lowest BCUT2D eigenvalue weighted by Crippen LogP contribution is -2.64. The van der Waals surface area contributed by atoms with Crippen LogP contribution in [0.1, 0.15) is 35.6 Å². The first kappa shape index (κ1) is 43.9. The number of para-hydroxylation sites is 2. The van der Waals surface area contributed by atoms with E-state index >= 15 is 0 Å². The molecule has 2 heterocycles. The van der Waals surface area contributed by atoms with Crippen molar-refractivity contribution in [2.75, 3.05) is 6.61 Å². The van der Waals surface area contributed by atoms with Gasteiger partial charge in [-0.15, -0.1) is 0 Å². The van der Waals surface area contributed by atoms with Crippen molar-refractivity contribution in [3.63, 3.8) is 0 Å². The smallest absolute Gasteiger partial charge is 0.456 e. The summed E-state index contributed by atoms with van der Waals surface area (Å²) in [6, 6.07) is 57.5. The molecule has 0 saturated carbocycles. The topological polar surface area (TPSA) is 100 Å². The molecular formula is C52H53O10P. The van der Waals surface area contributed by atoms with Crippen molar-refractivity contribution in [2.24, 2.45) is 5.92 Å². The molecule has 8 rings (SSSR count). The van der Waals surface area contributed by atoms with Crippen LogP contribution in [0.15, 0.2) is 194 Å². The van der Waals surface area contributed by atoms with E-state index in [0.29, 0.717) is 31.3 Å². The van der Waals surface area contributed by atoms with E-state index in [1.54, 1.807) is 54.6 Å². The lowest BCUT2D eigenvalue weighted by atomic mass is 9.86. The summed E-state index contributed by atoms with van der Waals surface area (Å²) in [5, 5.41) is 0. The Bertz CT molecular complexity index is 2280. The van der Waals surface area contributed by atoms with E-state index in [9.17, 15) is 4.57 Å². The van der Waals surface area contributed by atoms with Crippen molar-refractivity contribution < 1.29 is 46.6 Å². The summed E-state index contributed by atoms with van der Waals surface area (Å²) in [7, 11) is -4.46. The van der Waals surface area contributed by atoms with Crippen molar-refractivity contribution in [3.8, 4) is 11.5 Å². The number of hydrogen-bond acceptors (Lipinski definition) is 10. The van der Waals surface area contributed by atoms with Gasteiger partial charge in [-0.1, -0.05) is 165 Å². The fraction of sp³-hybridized carbons (Fsp3) is 0.269. The van der Waals surface area contributed by atoms with Gasteiger partial charge in [0, 0.05) is 12.3 Å². The third kappa shape index (κ3) is 12.5. The van der Waals surface area contributed by atoms with Crippen molar-refractivity contribution in [2.45, 2.75) is 76.4 Å². The normalized spacial score (nSPS) is 21.4. The second-order valence-corrected chi connectivity index (χ2v) is 17.0. The van der Waals surface area contributed by atoms with Crippen molar-refractivity contribution in [1.29, 1.82) is 0 Å². The van der Waals surface area contributed by atoms with E-state index in [0.717, 1.165) is 22.3 Å². The molecule has 0 aliphatic carbocycles. The minimum absolute atomic E-state index is 0.0811. The highest BCUT2D eigenvalue weighted by Crippen LogP contribution is 2.52. The number of phosphoric acid groups is 1. The summed E-state index contributed by atoms with van der Waals surface area (Å²) in [6.45, 7) is 3.76. The van der Waals surface area contributed by atoms with Gasteiger partial charge in [0.15, 0.2) is 6.10 Å². The molecule has 0 spiro atoms. The lowest BCUT2D eigenvalue weighted by molar-refractivity contribution is -0.287. The second kappa shape index (κ2) is 22.1. The van der Waals surface area contributed by atoms with Crippen LogP contribution in [0.25, 0.3) is 0 Å². The van der Waals surface area contributed by atoms with Crippen LogP contribution in [0.3, 0.4) is 0 Å². The zero-order chi connectivity index (χ0) is 43.1. The first-order valence-electron chi connectivity index (χ1n) is 21.4. The zero-order valence-electron chi connectivity index (χ0n) is 35.2. The molecule has 1 fully saturated rings. The molecule has 2 aliphatic rings. The predicted molar refractivity (Wildman–Crippen MR) is 239 cm³/mol. The van der Waals surface area contributed by atoms with E-state index in [4.69, 9.17) is 42.0 Å². The van der Waals surface area contributed by atoms with Gasteiger partial charge in [-0.05, 0) is 52.6 Å². The quantitative estimate of drug-likeness (QED) is 0.0690. The van der Waals surface area contributed by atoms with Crippen molar-refractivity contribution >= 4 is 7.82 Å². The van der Waals surface area contributed by atoms with Crippen LogP contribution in [0.4, 0.5) is 0 Å². The van der Waals surface area contributed by atoms with Crippen LogP contribution in [0.2, 0.25) is 0 Å². The number of benzene rings is 6. The summed E-state index contributed by atoms with van der Waals surface area (Å²) in [5.41, 5.74) is 4.02. The Morgan fingerprint density at radius 2 is 0.952 bits per heavy atom. The number of fused-ring (bicyclic) bond motifs is 1. The minimum atomic E-state index is -4.46. The molecule has 10 nitrogen and oxygen atoms in total. The Morgan fingerprint density at radius 1 is 0.524 bits per heavy atom. The van der Waals surface area contributed by atoms with Gasteiger partial charge in [-0.3, -0.25) is 0 Å². The van der Waals surface area contributed by atoms with Crippen LogP contribution in [-0.4, -0.2) is 43.2 Å². The molecule has 0 aromatic heterocycles. The molecule has 11 heteroatoms. The Labute approximate surface area is 369 Å². The standard InChI is InChI=1S/C52H53O10P/c1-39(34-54-35-40-20-8-2-9-21-40)48-50(56-37-42-24-12-4-13-25-42)51(57-38-43-26-14-5-15-27-43)52-49(59-48)46(55-36-41-22-10-3-11-23-41)32-33-47(58-52)62-63(53,60-44-28-16-6-17-29-44)61-45-30-18-7-19-31-45/h2-31,33,39,46,48-52H,32,34-38H2,1H3/t39-,46+,48-,49+,50-,51-,52+/m0/s1. The van der Waals surface area contributed by atoms with E-state index in [1.807, 2.05) is 133 Å². The Hall–Kier alpha value is -5.71. The van der Waals surface area contributed by atoms with Crippen LogP contribution in [-0.2, 0) is 63.9 Å². The van der Waals surface area contributed by atoms with E-state index in [-0.39, 0.29) is 31.5 Å². The van der Waals surface area contributed by atoms with E-state index < -0.39 is 44.4 Å². The average Bonchev–Trinajstić information content (AvgIpc) is 3.49. The predicted octanol–water partition coefficient (Wildman–Crippen LogP) is 11.3. The maximum absolute atomic E-state index is 14.8. The third-order valence-electron chi connectivity index (χ3n) is 10.8. The zero-order valence-corrected chi connectivity index (χ0v) is 36.1. The fourth-order valence-electron chi connectivity index (χ4n) is 7.65. The van der Waals surface area contributed by atoms with Gasteiger partial charge in [0.25, 0.3) is 5.95 Å². The largest absolute Gasteiger partial charge is 0.649 e. The minimum Gasteiger partial charge on any atom is -0.456 e. The summed E-state index contributed by atoms with van der Waals surface area (Å²) in [5.74, 6) is 0.332. The van der Waals surface area contributed by atoms with E-state index in [1.165, 1.54) is 0 Å². The fourth-order valence-corrected chi connectivity index (χ4v) is 8.86. The highest BCUT2D eigenvalue weighted by Gasteiger charge is 2.54. The maximum atomic E-state index is 14.8. The van der Waals surface area contributed by atoms with Crippen LogP contribution in [0, 0.1) is 5.92 Å². The molecule has 0 unspecified atom stereocenters. The van der Waals surface area contributed by atoms with Crippen molar-refractivity contribution in [3.05, 3.63) is 216 Å². The second-order valence-electron chi connectivity index (χ2n) is 15.6. The molecule has 0 amide bonds. The SMILES string of the molecule is C[C@@H](COCc1ccccc1)[C@@H]1O[C@H]2[C@@H](OC(OP(=O)(Oc3ccccc3)Oc3ccccc3)=CC[C@H]2OCc2ccccc2)[C@@H](OCc2ccccc2)[C@H]1OCc1ccccc1. The molecule has 0 radical (unpaired) electrons. The van der Waals surface area contributed by atoms with Gasteiger partial charge in [0.05, 0.1) is 45.2 Å². The monoisotopic (exact) mass is 868 g/mol. The van der Waals surface area contributed by atoms with Gasteiger partial charge in [0.2, 0.25) is 0 Å². The lowest BCUT2D eigenvalue weighted by Gasteiger charge is -2.48. The average molecular weight is 869 g/mol. The molecule has 6 aromatic rings. The summed E-state index contributed by atoms with van der Waals surface area (Å²) < 4.78 is 74.3. The third-order valence-corrected chi connectivity index (χ3v) is 12.1. The first-order valence-corrected chi connectivity index (χ1v) is 22.8. The Balaban J connectivity index is 1.15. The Morgan fingerprint density at radius 3 is 1.44 bits per heavy atom. The van der Waals surface area contributed by atoms with Gasteiger partial charge >= 0.3 is 7.82 Å². The van der Waals surface area contributed by atoms with Gasteiger partial charge in [-0.25, -0.2) is 0 Å². The van der Waals surface area contributed by atoms with Crippen molar-refractivity contribution in [1.82, 2.24) is 0 Å². The molecular weight excluding hydrogens is 816 g/mol. The highest BCUT2D eigenvalue weighted by molar-refractivity contribution is 7.49. The Kier molecular flexibility index (Phi) is 15.4. The first-order chi connectivity index (χ1) is 31.0. The molecule has 63 heavy (non-hydrogen) atoms. The van der Waals surface area contributed by atoms with Crippen LogP contribution in [0.5, 0.6) is 11.5 Å². The molecule has 6 aromatic carbocycles. The molecule has 326 valence electrons.